The summed E-state index contributed by atoms with van der Waals surface area (Å²) in [7, 11) is 3.94. The molecule has 112 valence electrons. The van der Waals surface area contributed by atoms with Gasteiger partial charge in [0.05, 0.1) is 11.6 Å². The largest absolute Gasteiger partial charge is 0.376 e. The number of ether oxygens (including phenoxy) is 1. The van der Waals surface area contributed by atoms with E-state index < -0.39 is 0 Å². The van der Waals surface area contributed by atoms with Crippen molar-refractivity contribution in [1.29, 1.82) is 0 Å². The SMILES string of the molecule is CNC(c1cccc(C)c1C)C1(OC)CCCC(C)C1. The van der Waals surface area contributed by atoms with Crippen molar-refractivity contribution in [2.75, 3.05) is 14.2 Å². The first-order valence-electron chi connectivity index (χ1n) is 7.82. The first kappa shape index (κ1) is 15.5. The smallest absolute Gasteiger partial charge is 0.0875 e. The van der Waals surface area contributed by atoms with Gasteiger partial charge in [0.25, 0.3) is 0 Å². The minimum absolute atomic E-state index is 0.0645. The fraction of sp³-hybridized carbons (Fsp3) is 0.667. The number of rotatable bonds is 4. The summed E-state index contributed by atoms with van der Waals surface area (Å²) >= 11 is 0. The van der Waals surface area contributed by atoms with E-state index in [4.69, 9.17) is 4.74 Å². The Balaban J connectivity index is 2.41. The molecule has 1 aromatic rings. The lowest BCUT2D eigenvalue weighted by molar-refractivity contribution is -0.0791. The molecule has 2 rings (SSSR count). The summed E-state index contributed by atoms with van der Waals surface area (Å²) < 4.78 is 6.09. The van der Waals surface area contributed by atoms with Gasteiger partial charge in [-0.25, -0.2) is 0 Å². The third-order valence-electron chi connectivity index (χ3n) is 5.17. The molecule has 0 radical (unpaired) electrons. The van der Waals surface area contributed by atoms with E-state index in [1.807, 2.05) is 7.11 Å². The zero-order valence-corrected chi connectivity index (χ0v) is 13.6. The topological polar surface area (TPSA) is 21.3 Å². The first-order chi connectivity index (χ1) is 9.54. The van der Waals surface area contributed by atoms with Gasteiger partial charge in [-0.15, -0.1) is 0 Å². The minimum Gasteiger partial charge on any atom is -0.376 e. The molecule has 0 heterocycles. The van der Waals surface area contributed by atoms with Gasteiger partial charge in [-0.05, 0) is 56.3 Å². The summed E-state index contributed by atoms with van der Waals surface area (Å²) in [6.07, 6.45) is 4.88. The normalized spacial score (nSPS) is 28.4. The monoisotopic (exact) mass is 275 g/mol. The third kappa shape index (κ3) is 2.77. The van der Waals surface area contributed by atoms with E-state index in [2.05, 4.69) is 51.3 Å². The van der Waals surface area contributed by atoms with Gasteiger partial charge in [-0.2, -0.15) is 0 Å². The van der Waals surface area contributed by atoms with E-state index >= 15 is 0 Å². The highest BCUT2D eigenvalue weighted by molar-refractivity contribution is 5.37. The van der Waals surface area contributed by atoms with Gasteiger partial charge in [0.1, 0.15) is 0 Å². The van der Waals surface area contributed by atoms with Crippen molar-refractivity contribution in [2.24, 2.45) is 5.92 Å². The van der Waals surface area contributed by atoms with Gasteiger partial charge < -0.3 is 10.1 Å². The van der Waals surface area contributed by atoms with Crippen LogP contribution in [0.2, 0.25) is 0 Å². The molecule has 2 nitrogen and oxygen atoms in total. The molecule has 1 N–H and O–H groups in total. The van der Waals surface area contributed by atoms with Gasteiger partial charge in [0.15, 0.2) is 0 Å². The molecule has 3 unspecified atom stereocenters. The molecule has 2 heteroatoms. The Labute approximate surface area is 123 Å². The van der Waals surface area contributed by atoms with Crippen LogP contribution in [0.25, 0.3) is 0 Å². The highest BCUT2D eigenvalue weighted by Crippen LogP contribution is 2.44. The Morgan fingerprint density at radius 2 is 2.10 bits per heavy atom. The fourth-order valence-electron chi connectivity index (χ4n) is 3.90. The number of aryl methyl sites for hydroxylation is 1. The Bertz CT molecular complexity index is 457. The van der Waals surface area contributed by atoms with Crippen LogP contribution in [0.5, 0.6) is 0 Å². The van der Waals surface area contributed by atoms with Gasteiger partial charge in [-0.3, -0.25) is 0 Å². The molecular formula is C18H29NO. The van der Waals surface area contributed by atoms with E-state index in [0.29, 0.717) is 0 Å². The maximum atomic E-state index is 6.09. The van der Waals surface area contributed by atoms with Crippen molar-refractivity contribution < 1.29 is 4.74 Å². The predicted molar refractivity (Wildman–Crippen MR) is 85.1 cm³/mol. The summed E-state index contributed by atoms with van der Waals surface area (Å²) in [5, 5.41) is 3.54. The summed E-state index contributed by atoms with van der Waals surface area (Å²) in [4.78, 5) is 0. The van der Waals surface area contributed by atoms with Crippen molar-refractivity contribution in [3.63, 3.8) is 0 Å². The number of hydrogen-bond donors (Lipinski definition) is 1. The fourth-order valence-corrected chi connectivity index (χ4v) is 3.90. The molecule has 1 aliphatic carbocycles. The third-order valence-corrected chi connectivity index (χ3v) is 5.17. The number of hydrogen-bond acceptors (Lipinski definition) is 2. The zero-order chi connectivity index (χ0) is 14.8. The van der Waals surface area contributed by atoms with Crippen molar-refractivity contribution in [2.45, 2.75) is 58.1 Å². The van der Waals surface area contributed by atoms with Gasteiger partial charge >= 0.3 is 0 Å². The molecule has 0 aliphatic heterocycles. The van der Waals surface area contributed by atoms with Crippen LogP contribution in [-0.2, 0) is 4.74 Å². The molecule has 1 aromatic carbocycles. The maximum Gasteiger partial charge on any atom is 0.0875 e. The Kier molecular flexibility index (Phi) is 4.87. The number of benzene rings is 1. The van der Waals surface area contributed by atoms with Crippen molar-refractivity contribution >= 4 is 0 Å². The lowest BCUT2D eigenvalue weighted by atomic mass is 9.72. The van der Waals surface area contributed by atoms with Crippen LogP contribution in [0.15, 0.2) is 18.2 Å². The molecule has 0 saturated heterocycles. The number of methoxy groups -OCH3 is 1. The molecular weight excluding hydrogens is 246 g/mol. The second-order valence-electron chi connectivity index (χ2n) is 6.48. The number of likely N-dealkylation sites (N-methyl/N-ethyl adjacent to an activating group) is 1. The summed E-state index contributed by atoms with van der Waals surface area (Å²) in [5.41, 5.74) is 4.08. The lowest BCUT2D eigenvalue weighted by Crippen LogP contribution is -2.47. The molecule has 0 aromatic heterocycles. The molecule has 0 spiro atoms. The second kappa shape index (κ2) is 6.28. The van der Waals surface area contributed by atoms with Crippen LogP contribution in [-0.4, -0.2) is 19.8 Å². The predicted octanol–water partition coefficient (Wildman–Crippen LogP) is 4.16. The van der Waals surface area contributed by atoms with Crippen molar-refractivity contribution in [1.82, 2.24) is 5.32 Å². The van der Waals surface area contributed by atoms with E-state index in [1.54, 1.807) is 0 Å². The number of nitrogens with one attached hydrogen (secondary N) is 1. The van der Waals surface area contributed by atoms with Gasteiger partial charge in [0.2, 0.25) is 0 Å². The standard InChI is InChI=1S/C18H29NO/c1-13-8-7-11-18(12-13,20-5)17(19-4)16-10-6-9-14(2)15(16)3/h6,9-10,13,17,19H,7-8,11-12H2,1-5H3. The van der Waals surface area contributed by atoms with Crippen LogP contribution >= 0.6 is 0 Å². The van der Waals surface area contributed by atoms with Crippen LogP contribution in [0.4, 0.5) is 0 Å². The van der Waals surface area contributed by atoms with E-state index in [9.17, 15) is 0 Å². The van der Waals surface area contributed by atoms with Crippen LogP contribution < -0.4 is 5.32 Å². The van der Waals surface area contributed by atoms with Crippen molar-refractivity contribution in [3.8, 4) is 0 Å². The summed E-state index contributed by atoms with van der Waals surface area (Å²) in [5.74, 6) is 0.740. The molecule has 1 aliphatic rings. The Morgan fingerprint density at radius 1 is 1.35 bits per heavy atom. The first-order valence-corrected chi connectivity index (χ1v) is 7.82. The van der Waals surface area contributed by atoms with Gasteiger partial charge in [-0.1, -0.05) is 38.0 Å². The minimum atomic E-state index is -0.0645. The molecule has 20 heavy (non-hydrogen) atoms. The highest BCUT2D eigenvalue weighted by Gasteiger charge is 2.42. The molecule has 1 saturated carbocycles. The molecule has 3 atom stereocenters. The quantitative estimate of drug-likeness (QED) is 0.891. The highest BCUT2D eigenvalue weighted by atomic mass is 16.5. The van der Waals surface area contributed by atoms with Crippen LogP contribution in [0, 0.1) is 19.8 Å². The Hall–Kier alpha value is -0.860. The molecule has 1 fully saturated rings. The maximum absolute atomic E-state index is 6.09. The van der Waals surface area contributed by atoms with E-state index in [0.717, 1.165) is 18.8 Å². The molecule has 0 amide bonds. The van der Waals surface area contributed by atoms with Crippen LogP contribution in [0.3, 0.4) is 0 Å². The molecule has 0 bridgehead atoms. The average Bonchev–Trinajstić information content (AvgIpc) is 2.44. The summed E-state index contributed by atoms with van der Waals surface area (Å²) in [6, 6.07) is 6.88. The van der Waals surface area contributed by atoms with E-state index in [-0.39, 0.29) is 11.6 Å². The van der Waals surface area contributed by atoms with Gasteiger partial charge in [0, 0.05) is 7.11 Å². The van der Waals surface area contributed by atoms with E-state index in [1.165, 1.54) is 29.5 Å². The van der Waals surface area contributed by atoms with Crippen LogP contribution in [0.1, 0.15) is 55.3 Å². The average molecular weight is 275 g/mol. The van der Waals surface area contributed by atoms with Crippen molar-refractivity contribution in [3.05, 3.63) is 34.9 Å². The zero-order valence-electron chi connectivity index (χ0n) is 13.6. The lowest BCUT2D eigenvalue weighted by Gasteiger charge is -2.45. The second-order valence-corrected chi connectivity index (χ2v) is 6.48. The Morgan fingerprint density at radius 3 is 2.70 bits per heavy atom. The summed E-state index contributed by atoms with van der Waals surface area (Å²) in [6.45, 7) is 6.77.